The lowest BCUT2D eigenvalue weighted by molar-refractivity contribution is 0.516. The molecule has 6 heteroatoms. The first-order valence-corrected chi connectivity index (χ1v) is 8.48. The van der Waals surface area contributed by atoms with Crippen molar-refractivity contribution in [2.45, 2.75) is 47.1 Å². The molecule has 4 N–H and O–H groups in total. The highest BCUT2D eigenvalue weighted by atomic mass is 32.2. The van der Waals surface area contributed by atoms with Crippen LogP contribution in [0.1, 0.15) is 32.1 Å². The van der Waals surface area contributed by atoms with Gasteiger partial charge in [-0.05, 0) is 31.0 Å². The summed E-state index contributed by atoms with van der Waals surface area (Å²) in [7, 11) is -3.68. The van der Waals surface area contributed by atoms with Gasteiger partial charge in [-0.25, -0.2) is 13.6 Å². The molecule has 1 fully saturated rings. The molecule has 1 saturated carbocycles. The number of sulfonamides is 1. The van der Waals surface area contributed by atoms with E-state index in [0.29, 0.717) is 10.9 Å². The topological polar surface area (TPSA) is 86.2 Å². The first kappa shape index (κ1) is 13.7. The van der Waals surface area contributed by atoms with E-state index >= 15 is 0 Å². The summed E-state index contributed by atoms with van der Waals surface area (Å²) in [6, 6.07) is 4.83. The molecule has 0 atom stereocenters. The Kier molecular flexibility index (Phi) is 4.19. The van der Waals surface area contributed by atoms with Gasteiger partial charge in [-0.2, -0.15) is 0 Å². The van der Waals surface area contributed by atoms with Gasteiger partial charge < -0.3 is 5.73 Å². The third kappa shape index (κ3) is 3.63. The van der Waals surface area contributed by atoms with Crippen molar-refractivity contribution in [3.05, 3.63) is 18.2 Å². The van der Waals surface area contributed by atoms with Gasteiger partial charge in [-0.3, -0.25) is 0 Å². The molecule has 1 aromatic rings. The minimum Gasteiger partial charge on any atom is -0.399 e. The van der Waals surface area contributed by atoms with E-state index in [1.54, 1.807) is 17.8 Å². The summed E-state index contributed by atoms with van der Waals surface area (Å²) >= 11 is 1.71. The van der Waals surface area contributed by atoms with Crippen LogP contribution in [0, 0.1) is 0 Å². The molecule has 0 aliphatic heterocycles. The van der Waals surface area contributed by atoms with E-state index < -0.39 is 10.0 Å². The highest BCUT2D eigenvalue weighted by molar-refractivity contribution is 8.00. The van der Waals surface area contributed by atoms with Gasteiger partial charge >= 0.3 is 0 Å². The lowest BCUT2D eigenvalue weighted by atomic mass is 10.0. The van der Waals surface area contributed by atoms with Crippen LogP contribution in [0.5, 0.6) is 0 Å². The number of benzene rings is 1. The van der Waals surface area contributed by atoms with E-state index in [-0.39, 0.29) is 4.90 Å². The predicted octanol–water partition coefficient (Wildman–Crippen LogP) is 2.34. The van der Waals surface area contributed by atoms with Gasteiger partial charge in [0.1, 0.15) is 0 Å². The molecule has 0 spiro atoms. The first-order valence-electron chi connectivity index (χ1n) is 6.05. The molecule has 0 aromatic heterocycles. The van der Waals surface area contributed by atoms with Gasteiger partial charge in [0, 0.05) is 15.8 Å². The zero-order valence-electron chi connectivity index (χ0n) is 10.1. The van der Waals surface area contributed by atoms with E-state index in [2.05, 4.69) is 0 Å². The molecule has 0 amide bonds. The van der Waals surface area contributed by atoms with Crippen LogP contribution in [0.3, 0.4) is 0 Å². The van der Waals surface area contributed by atoms with Crippen molar-refractivity contribution in [1.82, 2.24) is 0 Å². The van der Waals surface area contributed by atoms with Crippen molar-refractivity contribution in [1.29, 1.82) is 0 Å². The number of hydrogen-bond acceptors (Lipinski definition) is 4. The molecule has 0 bridgehead atoms. The number of nitrogens with two attached hydrogens (primary N) is 2. The number of primary sulfonamides is 1. The second kappa shape index (κ2) is 5.50. The van der Waals surface area contributed by atoms with Crippen molar-refractivity contribution < 1.29 is 8.42 Å². The molecular formula is C12H18N2O2S2. The summed E-state index contributed by atoms with van der Waals surface area (Å²) in [6.45, 7) is 0. The fourth-order valence-electron chi connectivity index (χ4n) is 2.20. The maximum Gasteiger partial charge on any atom is 0.238 e. The Bertz CT molecular complexity index is 523. The van der Waals surface area contributed by atoms with E-state index in [9.17, 15) is 8.42 Å². The van der Waals surface area contributed by atoms with Crippen LogP contribution in [0.25, 0.3) is 0 Å². The number of thioether (sulfide) groups is 1. The summed E-state index contributed by atoms with van der Waals surface area (Å²) < 4.78 is 22.7. The standard InChI is InChI=1S/C12H18N2O2S2/c13-9-6-11(8-12(7-9)18(14,15)16)17-10-4-2-1-3-5-10/h6-8,10H,1-5,13H2,(H2,14,15,16). The Morgan fingerprint density at radius 1 is 1.11 bits per heavy atom. The van der Waals surface area contributed by atoms with Gasteiger partial charge in [0.25, 0.3) is 0 Å². The van der Waals surface area contributed by atoms with Crippen molar-refractivity contribution in [3.8, 4) is 0 Å². The number of rotatable bonds is 3. The van der Waals surface area contributed by atoms with Crippen molar-refractivity contribution >= 4 is 27.5 Å². The highest BCUT2D eigenvalue weighted by Crippen LogP contribution is 2.35. The predicted molar refractivity (Wildman–Crippen MR) is 75.0 cm³/mol. The molecule has 0 heterocycles. The lowest BCUT2D eigenvalue weighted by Crippen LogP contribution is -2.13. The SMILES string of the molecule is Nc1cc(SC2CCCCC2)cc(S(N)(=O)=O)c1. The Hall–Kier alpha value is -0.720. The van der Waals surface area contributed by atoms with Gasteiger partial charge in [0.05, 0.1) is 4.90 Å². The minimum atomic E-state index is -3.68. The maximum atomic E-state index is 11.3. The molecule has 100 valence electrons. The van der Waals surface area contributed by atoms with Gasteiger partial charge in [0.15, 0.2) is 0 Å². The second-order valence-corrected chi connectivity index (χ2v) is 7.60. The summed E-state index contributed by atoms with van der Waals surface area (Å²) in [4.78, 5) is 0.992. The second-order valence-electron chi connectivity index (χ2n) is 4.66. The Labute approximate surface area is 112 Å². The molecule has 0 saturated heterocycles. The largest absolute Gasteiger partial charge is 0.399 e. The van der Waals surface area contributed by atoms with Crippen molar-refractivity contribution in [2.24, 2.45) is 5.14 Å². The average molecular weight is 286 g/mol. The third-order valence-corrected chi connectivity index (χ3v) is 5.29. The van der Waals surface area contributed by atoms with Crippen LogP contribution >= 0.6 is 11.8 Å². The van der Waals surface area contributed by atoms with Gasteiger partial charge in [0.2, 0.25) is 10.0 Å². The van der Waals surface area contributed by atoms with Gasteiger partial charge in [-0.15, -0.1) is 11.8 Å². The molecular weight excluding hydrogens is 268 g/mol. The number of anilines is 1. The van der Waals surface area contributed by atoms with Crippen LogP contribution in [-0.2, 0) is 10.0 Å². The molecule has 18 heavy (non-hydrogen) atoms. The van der Waals surface area contributed by atoms with Crippen LogP contribution in [0.2, 0.25) is 0 Å². The molecule has 0 radical (unpaired) electrons. The normalized spacial score (nSPS) is 17.8. The van der Waals surface area contributed by atoms with Crippen LogP contribution in [0.15, 0.2) is 28.0 Å². The molecule has 4 nitrogen and oxygen atoms in total. The molecule has 1 aliphatic carbocycles. The van der Waals surface area contributed by atoms with E-state index in [0.717, 1.165) is 4.90 Å². The molecule has 0 unspecified atom stereocenters. The smallest absolute Gasteiger partial charge is 0.238 e. The zero-order valence-corrected chi connectivity index (χ0v) is 11.8. The van der Waals surface area contributed by atoms with E-state index in [1.807, 2.05) is 6.07 Å². The highest BCUT2D eigenvalue weighted by Gasteiger charge is 2.16. The quantitative estimate of drug-likeness (QED) is 0.835. The van der Waals surface area contributed by atoms with Crippen molar-refractivity contribution in [3.63, 3.8) is 0 Å². The average Bonchev–Trinajstić information content (AvgIpc) is 2.28. The lowest BCUT2D eigenvalue weighted by Gasteiger charge is -2.21. The monoisotopic (exact) mass is 286 g/mol. The summed E-state index contributed by atoms with van der Waals surface area (Å²) in [5.41, 5.74) is 6.17. The van der Waals surface area contributed by atoms with E-state index in [4.69, 9.17) is 10.9 Å². The summed E-state index contributed by atoms with van der Waals surface area (Å²) in [5.74, 6) is 0. The van der Waals surface area contributed by atoms with Crippen LogP contribution in [0.4, 0.5) is 5.69 Å². The molecule has 1 aromatic carbocycles. The number of nitrogen functional groups attached to an aromatic ring is 1. The molecule has 1 aliphatic rings. The zero-order chi connectivity index (χ0) is 13.2. The Morgan fingerprint density at radius 2 is 1.78 bits per heavy atom. The fourth-order valence-corrected chi connectivity index (χ4v) is 4.22. The Morgan fingerprint density at radius 3 is 2.39 bits per heavy atom. The van der Waals surface area contributed by atoms with Crippen molar-refractivity contribution in [2.75, 3.05) is 5.73 Å². The van der Waals surface area contributed by atoms with Gasteiger partial charge in [-0.1, -0.05) is 19.3 Å². The van der Waals surface area contributed by atoms with Crippen LogP contribution < -0.4 is 10.9 Å². The Balaban J connectivity index is 2.20. The summed E-state index contributed by atoms with van der Waals surface area (Å²) in [6.07, 6.45) is 6.18. The summed E-state index contributed by atoms with van der Waals surface area (Å²) in [5, 5.41) is 5.70. The fraction of sp³-hybridized carbons (Fsp3) is 0.500. The third-order valence-electron chi connectivity index (χ3n) is 3.09. The molecule has 2 rings (SSSR count). The maximum absolute atomic E-state index is 11.3. The van der Waals surface area contributed by atoms with Crippen LogP contribution in [-0.4, -0.2) is 13.7 Å². The number of hydrogen-bond donors (Lipinski definition) is 2. The van der Waals surface area contributed by atoms with E-state index in [1.165, 1.54) is 38.2 Å². The minimum absolute atomic E-state index is 0.0980. The first-order chi connectivity index (χ1) is 8.45.